The van der Waals surface area contributed by atoms with Crippen LogP contribution < -0.4 is 15.8 Å². The number of carboxylic acid groups (broad SMARTS) is 1. The highest BCUT2D eigenvalue weighted by Gasteiger charge is 2.20. The second kappa shape index (κ2) is 21.9. The average Bonchev–Trinajstić information content (AvgIpc) is 3.36. The van der Waals surface area contributed by atoms with E-state index in [9.17, 15) is 0 Å². The van der Waals surface area contributed by atoms with Gasteiger partial charge in [-0.15, -0.1) is 12.6 Å². The number of hydrogen-bond donors (Lipinski definition) is 4. The molecule has 0 radical (unpaired) electrons. The summed E-state index contributed by atoms with van der Waals surface area (Å²) in [6.07, 6.45) is 9.39. The van der Waals surface area contributed by atoms with E-state index in [0.29, 0.717) is 12.5 Å². The van der Waals surface area contributed by atoms with Gasteiger partial charge in [-0.25, -0.2) is 0 Å². The van der Waals surface area contributed by atoms with Gasteiger partial charge in [0.05, 0.1) is 12.3 Å². The molecule has 3 rings (SSSR count). The zero-order valence-electron chi connectivity index (χ0n) is 22.8. The maximum Gasteiger partial charge on any atom is 0.290 e. The molecular weight excluding hydrogens is 502 g/mol. The first-order valence-electron chi connectivity index (χ1n) is 12.5. The molecule has 9 heteroatoms. The molecule has 0 spiro atoms. The molecule has 0 saturated heterocycles. The zero-order valence-corrected chi connectivity index (χ0v) is 23.7. The van der Waals surface area contributed by atoms with Crippen molar-refractivity contribution >= 4 is 25.9 Å². The van der Waals surface area contributed by atoms with Crippen LogP contribution in [0.25, 0.3) is 0 Å². The van der Waals surface area contributed by atoms with E-state index in [4.69, 9.17) is 36.6 Å². The summed E-state index contributed by atoms with van der Waals surface area (Å²) in [5, 5.41) is 14.4. The molecule has 38 heavy (non-hydrogen) atoms. The van der Waals surface area contributed by atoms with E-state index in [1.54, 1.807) is 0 Å². The van der Waals surface area contributed by atoms with Gasteiger partial charge < -0.3 is 30.2 Å². The van der Waals surface area contributed by atoms with Gasteiger partial charge in [-0.2, -0.15) is 0 Å². The molecule has 210 valence electrons. The zero-order chi connectivity index (χ0) is 28.8. The van der Waals surface area contributed by atoms with Crippen molar-refractivity contribution in [3.63, 3.8) is 0 Å². The highest BCUT2D eigenvalue weighted by atomic mass is 32.1. The van der Waals surface area contributed by atoms with E-state index in [-0.39, 0.29) is 6.47 Å². The van der Waals surface area contributed by atoms with Crippen molar-refractivity contribution in [2.24, 2.45) is 11.7 Å². The lowest BCUT2D eigenvalue weighted by Gasteiger charge is -2.26. The molecule has 1 aromatic carbocycles. The third-order valence-corrected chi connectivity index (χ3v) is 6.12. The lowest BCUT2D eigenvalue weighted by molar-refractivity contribution is -0.122. The molecule has 0 fully saturated rings. The van der Waals surface area contributed by atoms with Crippen LogP contribution in [0.2, 0.25) is 0 Å². The lowest BCUT2D eigenvalue weighted by atomic mass is 9.85. The smallest absolute Gasteiger partial charge is 0.290 e. The topological polar surface area (TPSA) is 128 Å². The van der Waals surface area contributed by atoms with Gasteiger partial charge in [0.15, 0.2) is 0 Å². The Bertz CT molecular complexity index is 1000. The highest BCUT2D eigenvalue weighted by Crippen LogP contribution is 2.35. The van der Waals surface area contributed by atoms with Crippen LogP contribution in [0.4, 0.5) is 0 Å². The van der Waals surface area contributed by atoms with Crippen LogP contribution in [0.3, 0.4) is 0 Å². The molecule has 1 aliphatic carbocycles. The number of nitrogens with zero attached hydrogens (tertiary/aromatic N) is 1. The molecule has 1 unspecified atom stereocenters. The number of rotatable bonds is 11. The number of carbonyl (C=O) groups is 2. The highest BCUT2D eigenvalue weighted by molar-refractivity contribution is 7.84. The molecule has 0 saturated carbocycles. The number of carbonyl (C=O) groups excluding carboxylic acids is 1. The van der Waals surface area contributed by atoms with Crippen LogP contribution in [-0.2, 0) is 22.6 Å². The number of nitrogens with one attached hydrogen (secondary N) is 1. The Hall–Kier alpha value is -3.14. The summed E-state index contributed by atoms with van der Waals surface area (Å²) in [7, 11) is 1.50. The number of aromatic nitrogens is 1. The summed E-state index contributed by atoms with van der Waals surface area (Å²) in [6.45, 7) is 12.1. The van der Waals surface area contributed by atoms with Gasteiger partial charge >= 0.3 is 0 Å². The average molecular weight is 546 g/mol. The van der Waals surface area contributed by atoms with E-state index >= 15 is 0 Å². The number of nitrogens with two attached hydrogens (primary N) is 1. The normalized spacial score (nSPS) is 14.6. The molecule has 8 nitrogen and oxygen atoms in total. The minimum absolute atomic E-state index is 0.250. The molecular formula is C29H43N3O5S. The van der Waals surface area contributed by atoms with Crippen LogP contribution in [0.5, 0.6) is 5.75 Å². The van der Waals surface area contributed by atoms with Crippen molar-refractivity contribution in [2.75, 3.05) is 20.2 Å². The van der Waals surface area contributed by atoms with Crippen LogP contribution in [0, 0.1) is 12.8 Å². The minimum Gasteiger partial charge on any atom is -0.494 e. The first-order chi connectivity index (χ1) is 18.5. The van der Waals surface area contributed by atoms with E-state index in [1.807, 2.05) is 44.9 Å². The van der Waals surface area contributed by atoms with Gasteiger partial charge in [0.1, 0.15) is 18.3 Å². The van der Waals surface area contributed by atoms with Crippen molar-refractivity contribution in [3.8, 4) is 5.75 Å². The first-order valence-corrected chi connectivity index (χ1v) is 13.0. The Labute approximate surface area is 232 Å². The summed E-state index contributed by atoms with van der Waals surface area (Å²) in [6, 6.07) is 10.3. The molecule has 2 aromatic rings. The fourth-order valence-corrected chi connectivity index (χ4v) is 4.60. The Morgan fingerprint density at radius 1 is 1.34 bits per heavy atom. The second-order valence-corrected chi connectivity index (χ2v) is 8.68. The monoisotopic (exact) mass is 545 g/mol. The summed E-state index contributed by atoms with van der Waals surface area (Å²) in [5.41, 5.74) is 9.28. The Morgan fingerprint density at radius 3 is 2.61 bits per heavy atom. The fourth-order valence-electron chi connectivity index (χ4n) is 4.10. The molecule has 1 atom stereocenters. The first kappa shape index (κ1) is 34.9. The summed E-state index contributed by atoms with van der Waals surface area (Å²) < 4.78 is 10.9. The van der Waals surface area contributed by atoms with Gasteiger partial charge in [-0.1, -0.05) is 42.1 Å². The van der Waals surface area contributed by atoms with Crippen LogP contribution in [0.1, 0.15) is 49.6 Å². The molecule has 1 aliphatic rings. The molecule has 1 heterocycles. The van der Waals surface area contributed by atoms with Crippen molar-refractivity contribution in [1.82, 2.24) is 10.5 Å². The fraction of sp³-hybridized carbons (Fsp3) is 0.414. The number of ether oxygens (including phenoxy) is 1. The lowest BCUT2D eigenvalue weighted by Crippen LogP contribution is -2.24. The summed E-state index contributed by atoms with van der Waals surface area (Å²) in [4.78, 5) is 17.6. The predicted molar refractivity (Wildman–Crippen MR) is 156 cm³/mol. The van der Waals surface area contributed by atoms with Crippen LogP contribution in [-0.4, -0.2) is 43.7 Å². The number of benzene rings is 1. The molecule has 1 aromatic heterocycles. The van der Waals surface area contributed by atoms with E-state index in [2.05, 4.69) is 41.0 Å². The van der Waals surface area contributed by atoms with E-state index < -0.39 is 0 Å². The third kappa shape index (κ3) is 12.9. The van der Waals surface area contributed by atoms with Gasteiger partial charge in [-0.3, -0.25) is 4.79 Å². The predicted octanol–water partition coefficient (Wildman–Crippen LogP) is 5.29. The van der Waals surface area contributed by atoms with Gasteiger partial charge in [-0.05, 0) is 93.1 Å². The Kier molecular flexibility index (Phi) is 20.1. The Morgan fingerprint density at radius 2 is 2.03 bits per heavy atom. The van der Waals surface area contributed by atoms with E-state index in [1.165, 1.54) is 28.7 Å². The van der Waals surface area contributed by atoms with Crippen molar-refractivity contribution < 1.29 is 24.0 Å². The standard InChI is InChI=1S/C26H34N2O2S.CH5N.CH2O2.CH2O/c1-4-21(10-8-11-22-9-6-7-12-25(22)29-5-2)24-14-13-20(16-26(24)31)17-27-18-23-15-19(3)30-28-23;1-2;2-1-3;1-2/h4,6-7,9-10,12,15,20,27,31H,1,5,8,11,13-14,16-18H2,2-3H3;2H2,1H3;1H,(H,2,3);1H2/b21-10+;;;. The maximum atomic E-state index is 8.36. The number of thiol groups is 1. The molecule has 0 bridgehead atoms. The van der Waals surface area contributed by atoms with Crippen LogP contribution >= 0.6 is 12.6 Å². The van der Waals surface area contributed by atoms with Gasteiger partial charge in [0.25, 0.3) is 6.47 Å². The quantitative estimate of drug-likeness (QED) is 0.170. The van der Waals surface area contributed by atoms with Gasteiger partial charge in [0, 0.05) is 12.6 Å². The third-order valence-electron chi connectivity index (χ3n) is 5.67. The SMILES string of the molecule is C=C/C(=C\CCc1ccccc1OCC)C1=C(S)CC(CNCc2cc(C)on2)CC1.C=O.CN.O=CO. The molecule has 4 N–H and O–H groups in total. The summed E-state index contributed by atoms with van der Waals surface area (Å²) in [5.74, 6) is 2.43. The Balaban J connectivity index is 0.00000179. The number of aryl methyl sites for hydroxylation is 2. The second-order valence-electron chi connectivity index (χ2n) is 8.14. The molecule has 0 aliphatic heterocycles. The maximum absolute atomic E-state index is 8.36. The van der Waals surface area contributed by atoms with E-state index in [0.717, 1.165) is 62.4 Å². The number of para-hydroxylation sites is 1. The van der Waals surface area contributed by atoms with Crippen molar-refractivity contribution in [1.29, 1.82) is 0 Å². The van der Waals surface area contributed by atoms with Crippen molar-refractivity contribution in [3.05, 3.63) is 82.1 Å². The molecule has 0 amide bonds. The minimum atomic E-state index is -0.250. The largest absolute Gasteiger partial charge is 0.494 e. The van der Waals surface area contributed by atoms with Gasteiger partial charge in [0.2, 0.25) is 0 Å². The number of allylic oxidation sites excluding steroid dienone is 5. The number of hydrogen-bond acceptors (Lipinski definition) is 8. The van der Waals surface area contributed by atoms with Crippen molar-refractivity contribution in [2.45, 2.75) is 52.5 Å². The van der Waals surface area contributed by atoms with Crippen LogP contribution in [0.15, 0.2) is 69.6 Å². The summed E-state index contributed by atoms with van der Waals surface area (Å²) >= 11 is 4.86.